The van der Waals surface area contributed by atoms with Crippen LogP contribution in [-0.2, 0) is 6.54 Å². The molecular weight excluding hydrogens is 299 g/mol. The van der Waals surface area contributed by atoms with E-state index < -0.39 is 0 Å². The Balaban J connectivity index is 1.99. The Morgan fingerprint density at radius 1 is 1.50 bits per heavy atom. The van der Waals surface area contributed by atoms with Gasteiger partial charge in [0.1, 0.15) is 11.6 Å². The topological polar surface area (TPSA) is 38.1 Å². The van der Waals surface area contributed by atoms with Crippen molar-refractivity contribution < 1.29 is 8.81 Å². The van der Waals surface area contributed by atoms with E-state index in [1.54, 1.807) is 18.3 Å². The lowest BCUT2D eigenvalue weighted by Crippen LogP contribution is -2.18. The highest BCUT2D eigenvalue weighted by Crippen LogP contribution is 2.21. The van der Waals surface area contributed by atoms with Crippen LogP contribution >= 0.6 is 15.9 Å². The van der Waals surface area contributed by atoms with E-state index in [4.69, 9.17) is 4.42 Å². The van der Waals surface area contributed by atoms with Crippen LogP contribution in [0.25, 0.3) is 0 Å². The van der Waals surface area contributed by atoms with E-state index >= 15 is 0 Å². The maximum absolute atomic E-state index is 13.1. The molecule has 1 unspecified atom stereocenters. The zero-order valence-electron chi connectivity index (χ0n) is 10.2. The van der Waals surface area contributed by atoms with Crippen molar-refractivity contribution in [2.24, 2.45) is 0 Å². The number of aromatic nitrogens is 1. The molecule has 1 atom stereocenters. The summed E-state index contributed by atoms with van der Waals surface area (Å²) < 4.78 is 19.0. The zero-order valence-corrected chi connectivity index (χ0v) is 11.8. The molecule has 0 aliphatic heterocycles. The Bertz CT molecular complexity index is 542. The number of aryl methyl sites for hydroxylation is 1. The summed E-state index contributed by atoms with van der Waals surface area (Å²) >= 11 is 3.18. The monoisotopic (exact) mass is 312 g/mol. The van der Waals surface area contributed by atoms with Gasteiger partial charge in [-0.2, -0.15) is 0 Å². The molecule has 2 rings (SSSR count). The standard InChI is InChI=1S/C13H14BrFN2O/c1-8-6-17-13(18-8)7-16-9(2)10-3-4-12(15)11(14)5-10/h3-6,9,16H,7H2,1-2H3. The lowest BCUT2D eigenvalue weighted by Gasteiger charge is -2.13. The van der Waals surface area contributed by atoms with E-state index in [2.05, 4.69) is 26.2 Å². The minimum Gasteiger partial charge on any atom is -0.445 e. The summed E-state index contributed by atoms with van der Waals surface area (Å²) in [5.74, 6) is 1.19. The average Bonchev–Trinajstić information content (AvgIpc) is 2.75. The molecule has 5 heteroatoms. The Hall–Kier alpha value is -1.20. The second-order valence-electron chi connectivity index (χ2n) is 4.14. The Morgan fingerprint density at radius 3 is 2.89 bits per heavy atom. The highest BCUT2D eigenvalue weighted by Gasteiger charge is 2.09. The molecule has 0 spiro atoms. The Morgan fingerprint density at radius 2 is 2.28 bits per heavy atom. The lowest BCUT2D eigenvalue weighted by molar-refractivity contribution is 0.432. The second-order valence-corrected chi connectivity index (χ2v) is 5.00. The summed E-state index contributed by atoms with van der Waals surface area (Å²) in [5.41, 5.74) is 1.01. The fraction of sp³-hybridized carbons (Fsp3) is 0.308. The molecule has 1 N–H and O–H groups in total. The van der Waals surface area contributed by atoms with Crippen LogP contribution in [0.15, 0.2) is 33.3 Å². The predicted molar refractivity (Wildman–Crippen MR) is 70.6 cm³/mol. The van der Waals surface area contributed by atoms with Gasteiger partial charge in [-0.3, -0.25) is 0 Å². The first-order valence-corrected chi connectivity index (χ1v) is 6.45. The summed E-state index contributed by atoms with van der Waals surface area (Å²) in [4.78, 5) is 4.11. The van der Waals surface area contributed by atoms with Gasteiger partial charge >= 0.3 is 0 Å². The van der Waals surface area contributed by atoms with Crippen LogP contribution in [0.3, 0.4) is 0 Å². The molecule has 0 saturated heterocycles. The number of nitrogens with one attached hydrogen (secondary N) is 1. The smallest absolute Gasteiger partial charge is 0.208 e. The molecular formula is C13H14BrFN2O. The predicted octanol–water partition coefficient (Wildman–Crippen LogP) is 3.74. The molecule has 1 aromatic carbocycles. The van der Waals surface area contributed by atoms with Crippen molar-refractivity contribution in [2.45, 2.75) is 26.4 Å². The number of oxazole rings is 1. The third kappa shape index (κ3) is 3.17. The van der Waals surface area contributed by atoms with Gasteiger partial charge in [0.15, 0.2) is 0 Å². The summed E-state index contributed by atoms with van der Waals surface area (Å²) in [7, 11) is 0. The van der Waals surface area contributed by atoms with E-state index in [1.165, 1.54) is 6.07 Å². The van der Waals surface area contributed by atoms with Gasteiger partial charge < -0.3 is 9.73 Å². The van der Waals surface area contributed by atoms with E-state index in [0.717, 1.165) is 11.3 Å². The fourth-order valence-corrected chi connectivity index (χ4v) is 2.02. The van der Waals surface area contributed by atoms with Crippen molar-refractivity contribution in [1.29, 1.82) is 0 Å². The summed E-state index contributed by atoms with van der Waals surface area (Å²) in [6, 6.07) is 5.08. The van der Waals surface area contributed by atoms with Crippen molar-refractivity contribution in [1.82, 2.24) is 10.3 Å². The van der Waals surface area contributed by atoms with Crippen molar-refractivity contribution >= 4 is 15.9 Å². The Kier molecular flexibility index (Phi) is 4.14. The van der Waals surface area contributed by atoms with Gasteiger partial charge in [0, 0.05) is 6.04 Å². The highest BCUT2D eigenvalue weighted by molar-refractivity contribution is 9.10. The molecule has 0 amide bonds. The van der Waals surface area contributed by atoms with E-state index in [1.807, 2.05) is 13.8 Å². The highest BCUT2D eigenvalue weighted by atomic mass is 79.9. The molecule has 2 aromatic rings. The van der Waals surface area contributed by atoms with Gasteiger partial charge in [0.2, 0.25) is 5.89 Å². The molecule has 0 radical (unpaired) electrons. The van der Waals surface area contributed by atoms with Gasteiger partial charge in [-0.1, -0.05) is 6.07 Å². The molecule has 0 saturated carbocycles. The van der Waals surface area contributed by atoms with Gasteiger partial charge in [-0.25, -0.2) is 9.37 Å². The van der Waals surface area contributed by atoms with E-state index in [0.29, 0.717) is 16.9 Å². The number of halogens is 2. The van der Waals surface area contributed by atoms with Crippen molar-refractivity contribution in [3.8, 4) is 0 Å². The second kappa shape index (κ2) is 5.63. The normalized spacial score (nSPS) is 12.7. The molecule has 96 valence electrons. The molecule has 1 aromatic heterocycles. The number of hydrogen-bond acceptors (Lipinski definition) is 3. The van der Waals surface area contributed by atoms with Crippen molar-refractivity contribution in [3.05, 3.63) is 51.9 Å². The van der Waals surface area contributed by atoms with Gasteiger partial charge in [0.25, 0.3) is 0 Å². The van der Waals surface area contributed by atoms with Crippen LogP contribution in [0.4, 0.5) is 4.39 Å². The largest absolute Gasteiger partial charge is 0.445 e. The van der Waals surface area contributed by atoms with Crippen LogP contribution in [0.2, 0.25) is 0 Å². The number of nitrogens with zero attached hydrogens (tertiary/aromatic N) is 1. The maximum Gasteiger partial charge on any atom is 0.208 e. The summed E-state index contributed by atoms with van der Waals surface area (Å²) in [6.45, 7) is 4.41. The SMILES string of the molecule is Cc1cnc(CNC(C)c2ccc(F)c(Br)c2)o1. The van der Waals surface area contributed by atoms with Crippen LogP contribution in [0, 0.1) is 12.7 Å². The minimum absolute atomic E-state index is 0.0918. The van der Waals surface area contributed by atoms with E-state index in [-0.39, 0.29) is 11.9 Å². The van der Waals surface area contributed by atoms with Crippen molar-refractivity contribution in [3.63, 3.8) is 0 Å². The van der Waals surface area contributed by atoms with Crippen LogP contribution in [-0.4, -0.2) is 4.98 Å². The summed E-state index contributed by atoms with van der Waals surface area (Å²) in [6.07, 6.45) is 1.69. The van der Waals surface area contributed by atoms with Gasteiger partial charge in [0.05, 0.1) is 17.2 Å². The van der Waals surface area contributed by atoms with E-state index in [9.17, 15) is 4.39 Å². The average molecular weight is 313 g/mol. The first-order chi connectivity index (χ1) is 8.56. The first kappa shape index (κ1) is 13.2. The van der Waals surface area contributed by atoms with Gasteiger partial charge in [-0.05, 0) is 47.5 Å². The zero-order chi connectivity index (χ0) is 13.1. The molecule has 18 heavy (non-hydrogen) atoms. The number of rotatable bonds is 4. The molecule has 0 aliphatic carbocycles. The lowest BCUT2D eigenvalue weighted by atomic mass is 10.1. The third-order valence-electron chi connectivity index (χ3n) is 2.67. The molecule has 0 fully saturated rings. The molecule has 0 bridgehead atoms. The Labute approximate surface area is 114 Å². The first-order valence-electron chi connectivity index (χ1n) is 5.66. The van der Waals surface area contributed by atoms with Crippen LogP contribution < -0.4 is 5.32 Å². The van der Waals surface area contributed by atoms with Crippen LogP contribution in [0.5, 0.6) is 0 Å². The molecule has 3 nitrogen and oxygen atoms in total. The van der Waals surface area contributed by atoms with Crippen LogP contribution in [0.1, 0.15) is 30.2 Å². The number of hydrogen-bond donors (Lipinski definition) is 1. The summed E-state index contributed by atoms with van der Waals surface area (Å²) in [5, 5.41) is 3.28. The third-order valence-corrected chi connectivity index (χ3v) is 3.28. The van der Waals surface area contributed by atoms with Gasteiger partial charge in [-0.15, -0.1) is 0 Å². The minimum atomic E-state index is -0.255. The molecule has 0 aliphatic rings. The number of benzene rings is 1. The molecule has 1 heterocycles. The maximum atomic E-state index is 13.1. The quantitative estimate of drug-likeness (QED) is 0.934. The fourth-order valence-electron chi connectivity index (χ4n) is 1.62. The van der Waals surface area contributed by atoms with Crippen molar-refractivity contribution in [2.75, 3.05) is 0 Å².